The molecule has 1 atom stereocenters. The van der Waals surface area contributed by atoms with Crippen molar-refractivity contribution in [2.24, 2.45) is 5.92 Å². The van der Waals surface area contributed by atoms with Crippen molar-refractivity contribution in [3.63, 3.8) is 0 Å². The van der Waals surface area contributed by atoms with E-state index in [0.717, 1.165) is 17.9 Å². The number of hydrogen-bond acceptors (Lipinski definition) is 1. The Labute approximate surface area is 94.2 Å². The summed E-state index contributed by atoms with van der Waals surface area (Å²) in [4.78, 5) is 0. The molecule has 0 aromatic heterocycles. The van der Waals surface area contributed by atoms with Crippen LogP contribution in [-0.2, 0) is 6.42 Å². The van der Waals surface area contributed by atoms with Crippen molar-refractivity contribution in [3.05, 3.63) is 35.4 Å². The fourth-order valence-corrected chi connectivity index (χ4v) is 1.55. The van der Waals surface area contributed by atoms with Gasteiger partial charge in [0.15, 0.2) is 0 Å². The van der Waals surface area contributed by atoms with Gasteiger partial charge in [-0.05, 0) is 0 Å². The monoisotopic (exact) mass is 290 g/mol. The smallest absolute Gasteiger partial charge is 1.00 e. The molecule has 13 heavy (non-hydrogen) atoms. The van der Waals surface area contributed by atoms with E-state index in [0.29, 0.717) is 0 Å². The third kappa shape index (κ3) is 3.39. The van der Waals surface area contributed by atoms with Crippen molar-refractivity contribution in [2.45, 2.75) is 17.8 Å². The second-order valence-electron chi connectivity index (χ2n) is 3.30. The number of hydrogen-bond donors (Lipinski definition) is 0. The molecule has 0 aliphatic heterocycles. The minimum Gasteiger partial charge on any atom is 1.00 e. The number of nitriles is 1. The van der Waals surface area contributed by atoms with Crippen LogP contribution in [0, 0.1) is 17.2 Å². The molecule has 0 fully saturated rings. The average molecular weight is 288 g/mol. The van der Waals surface area contributed by atoms with Crippen LogP contribution < -0.4 is 0 Å². The third-order valence-corrected chi connectivity index (χ3v) is 3.76. The van der Waals surface area contributed by atoms with E-state index >= 15 is 0 Å². The van der Waals surface area contributed by atoms with E-state index in [2.05, 4.69) is 25.1 Å². The van der Waals surface area contributed by atoms with Crippen molar-refractivity contribution < 1.29 is 1.43 Å². The average Bonchev–Trinajstić information content (AvgIpc) is 2.19. The van der Waals surface area contributed by atoms with Crippen LogP contribution in [0.15, 0.2) is 24.3 Å². The van der Waals surface area contributed by atoms with E-state index in [9.17, 15) is 0 Å². The second kappa shape index (κ2) is 5.28. The van der Waals surface area contributed by atoms with Crippen LogP contribution in [0.5, 0.6) is 0 Å². The van der Waals surface area contributed by atoms with Gasteiger partial charge in [0.25, 0.3) is 0 Å². The van der Waals surface area contributed by atoms with E-state index < -0.39 is 0 Å². The summed E-state index contributed by atoms with van der Waals surface area (Å²) in [6.45, 7) is 2.26. The molecule has 1 nitrogen and oxygen atoms in total. The Kier molecular flexibility index (Phi) is 4.29. The fourth-order valence-electron chi connectivity index (χ4n) is 1.18. The Hall–Kier alpha value is -0.500. The molecule has 0 saturated heterocycles. The molecule has 1 unspecified atom stereocenters. The maximum absolute atomic E-state index is 8.61. The standard InChI is InChI=1S/C11H13NTe/c1-9(8-13)6-10-2-4-11(7-12)5-3-10/h2-5,9,13H,6,8H2,1H3/p+1. The predicted molar refractivity (Wildman–Crippen MR) is 57.1 cm³/mol. The third-order valence-electron chi connectivity index (χ3n) is 1.98. The van der Waals surface area contributed by atoms with Crippen LogP contribution >= 0.6 is 0 Å². The first-order chi connectivity index (χ1) is 6.26. The topological polar surface area (TPSA) is 23.8 Å². The number of rotatable bonds is 3. The molecule has 0 radical (unpaired) electrons. The van der Waals surface area contributed by atoms with Crippen molar-refractivity contribution in [1.29, 1.82) is 5.26 Å². The van der Waals surface area contributed by atoms with Gasteiger partial charge in [-0.3, -0.25) is 0 Å². The summed E-state index contributed by atoms with van der Waals surface area (Å²) in [5, 5.41) is 8.61. The molecule has 0 aliphatic rings. The van der Waals surface area contributed by atoms with Gasteiger partial charge < -0.3 is 0 Å². The van der Waals surface area contributed by atoms with Crippen LogP contribution in [0.3, 0.4) is 0 Å². The molecule has 0 aliphatic carbocycles. The summed E-state index contributed by atoms with van der Waals surface area (Å²) >= 11 is 1.87. The Morgan fingerprint density at radius 3 is 2.54 bits per heavy atom. The van der Waals surface area contributed by atoms with Gasteiger partial charge in [0.2, 0.25) is 0 Å². The molecule has 0 amide bonds. The first-order valence-corrected chi connectivity index (χ1v) is 6.16. The Balaban J connectivity index is 0.00000169. The first kappa shape index (κ1) is 10.6. The van der Waals surface area contributed by atoms with Crippen LogP contribution in [0.4, 0.5) is 0 Å². The van der Waals surface area contributed by atoms with Gasteiger partial charge in [0.1, 0.15) is 0 Å². The van der Waals surface area contributed by atoms with Gasteiger partial charge in [-0.1, -0.05) is 0 Å². The molecule has 1 rings (SSSR count). The van der Waals surface area contributed by atoms with E-state index in [1.165, 1.54) is 10.0 Å². The zero-order valence-electron chi connectivity index (χ0n) is 8.70. The van der Waals surface area contributed by atoms with Gasteiger partial charge in [0, 0.05) is 0 Å². The normalized spacial score (nSPS) is 12.1. The van der Waals surface area contributed by atoms with Gasteiger partial charge in [-0.15, -0.1) is 0 Å². The summed E-state index contributed by atoms with van der Waals surface area (Å²) in [7, 11) is 0. The summed E-state index contributed by atoms with van der Waals surface area (Å²) in [5.74, 6) is 0.752. The molecule has 0 heterocycles. The Morgan fingerprint density at radius 2 is 2.08 bits per heavy atom. The molecule has 68 valence electrons. The summed E-state index contributed by atoms with van der Waals surface area (Å²) in [5.41, 5.74) is 2.08. The van der Waals surface area contributed by atoms with Crippen molar-refractivity contribution >= 4 is 22.3 Å². The Morgan fingerprint density at radius 1 is 1.46 bits per heavy atom. The van der Waals surface area contributed by atoms with E-state index in [-0.39, 0.29) is 1.43 Å². The number of nitrogens with zero attached hydrogens (tertiary/aromatic N) is 1. The van der Waals surface area contributed by atoms with Crippen LogP contribution in [0.2, 0.25) is 4.47 Å². The Bertz CT molecular complexity index is 302. The van der Waals surface area contributed by atoms with Gasteiger partial charge in [-0.2, -0.15) is 0 Å². The van der Waals surface area contributed by atoms with Crippen LogP contribution in [0.1, 0.15) is 19.5 Å². The first-order valence-electron chi connectivity index (χ1n) is 4.36. The van der Waals surface area contributed by atoms with Gasteiger partial charge in [-0.25, -0.2) is 0 Å². The van der Waals surface area contributed by atoms with E-state index in [1.54, 1.807) is 0 Å². The van der Waals surface area contributed by atoms with Crippen molar-refractivity contribution in [3.8, 4) is 6.07 Å². The summed E-state index contributed by atoms with van der Waals surface area (Å²) in [6.07, 6.45) is 1.13. The maximum atomic E-state index is 8.61. The van der Waals surface area contributed by atoms with Gasteiger partial charge >= 0.3 is 94.2 Å². The molecule has 0 N–H and O–H groups in total. The molecular weight excluding hydrogens is 274 g/mol. The maximum Gasteiger partial charge on any atom is 1.00 e. The van der Waals surface area contributed by atoms with E-state index in [1.807, 2.05) is 34.4 Å². The zero-order valence-corrected chi connectivity index (χ0v) is 10.2. The SMILES string of the molecule is CC(C[TeH])Cc1ccc(C#N)cc1.[H+]. The minimum absolute atomic E-state index is 0. The molecule has 0 bridgehead atoms. The zero-order chi connectivity index (χ0) is 9.68. The quantitative estimate of drug-likeness (QED) is 0.782. The molecule has 1 aromatic carbocycles. The molecule has 1 aromatic rings. The largest absolute Gasteiger partial charge is 1.00 e. The predicted octanol–water partition coefficient (Wildman–Crippen LogP) is 2.17. The van der Waals surface area contributed by atoms with Gasteiger partial charge in [0.05, 0.1) is 0 Å². The van der Waals surface area contributed by atoms with Crippen LogP contribution in [0.25, 0.3) is 0 Å². The fraction of sp³-hybridized carbons (Fsp3) is 0.364. The van der Waals surface area contributed by atoms with Crippen molar-refractivity contribution in [2.75, 3.05) is 0 Å². The van der Waals surface area contributed by atoms with Crippen molar-refractivity contribution in [1.82, 2.24) is 0 Å². The minimum atomic E-state index is 0. The molecular formula is C11H14NTe+. The van der Waals surface area contributed by atoms with E-state index in [4.69, 9.17) is 5.26 Å². The molecule has 2 heteroatoms. The molecule has 0 spiro atoms. The molecule has 0 saturated carbocycles. The number of benzene rings is 1. The summed E-state index contributed by atoms with van der Waals surface area (Å²) < 4.78 is 1.26. The van der Waals surface area contributed by atoms with Crippen LogP contribution in [-0.4, -0.2) is 22.3 Å². The second-order valence-corrected chi connectivity index (χ2v) is 4.34. The summed E-state index contributed by atoms with van der Waals surface area (Å²) in [6, 6.07) is 10.0.